The average molecular weight is 318 g/mol. The molecule has 5 nitrogen and oxygen atoms in total. The van der Waals surface area contributed by atoms with Gasteiger partial charge in [-0.15, -0.1) is 0 Å². The van der Waals surface area contributed by atoms with Gasteiger partial charge in [-0.25, -0.2) is 13.1 Å². The zero-order valence-electron chi connectivity index (χ0n) is 11.8. The van der Waals surface area contributed by atoms with E-state index in [1.165, 1.54) is 12.1 Å². The molecule has 0 bridgehead atoms. The van der Waals surface area contributed by atoms with E-state index in [4.69, 9.17) is 10.5 Å². The highest BCUT2D eigenvalue weighted by molar-refractivity contribution is 7.98. The molecule has 1 unspecified atom stereocenters. The van der Waals surface area contributed by atoms with Crippen LogP contribution in [0.2, 0.25) is 0 Å². The number of thioether (sulfide) groups is 1. The lowest BCUT2D eigenvalue weighted by Gasteiger charge is -2.12. The Kier molecular flexibility index (Phi) is 7.36. The van der Waals surface area contributed by atoms with Gasteiger partial charge in [-0.2, -0.15) is 11.8 Å². The van der Waals surface area contributed by atoms with E-state index in [1.54, 1.807) is 23.9 Å². The molecule has 1 aromatic rings. The summed E-state index contributed by atoms with van der Waals surface area (Å²) in [5.74, 6) is 1.84. The molecule has 0 aliphatic rings. The molecule has 1 rings (SSSR count). The molecule has 0 amide bonds. The lowest BCUT2D eigenvalue weighted by Crippen LogP contribution is -2.29. The Morgan fingerprint density at radius 3 is 2.55 bits per heavy atom. The number of hydrogen-bond acceptors (Lipinski definition) is 5. The topological polar surface area (TPSA) is 81.4 Å². The monoisotopic (exact) mass is 318 g/mol. The van der Waals surface area contributed by atoms with Crippen LogP contribution in [-0.4, -0.2) is 40.1 Å². The Bertz CT molecular complexity index is 489. The summed E-state index contributed by atoms with van der Waals surface area (Å²) >= 11 is 1.70. The van der Waals surface area contributed by atoms with E-state index in [9.17, 15) is 8.42 Å². The number of nitrogens with one attached hydrogen (secondary N) is 1. The smallest absolute Gasteiger partial charge is 0.240 e. The Labute approximate surface area is 125 Å². The fourth-order valence-electron chi connectivity index (χ4n) is 1.57. The standard InChI is InChI=1S/C13H22N2O3S2/c1-11(10-19-2)9-15-20(16,17)13-5-3-12(4-6-13)18-8-7-14/h3-6,11,15H,7-10,14H2,1-2H3. The van der Waals surface area contributed by atoms with Crippen molar-refractivity contribution in [1.82, 2.24) is 4.72 Å². The fourth-order valence-corrected chi connectivity index (χ4v) is 3.42. The minimum atomic E-state index is -3.45. The van der Waals surface area contributed by atoms with Crippen LogP contribution < -0.4 is 15.2 Å². The van der Waals surface area contributed by atoms with Gasteiger partial charge in [-0.1, -0.05) is 6.92 Å². The summed E-state index contributed by atoms with van der Waals surface area (Å²) < 4.78 is 32.1. The van der Waals surface area contributed by atoms with Crippen molar-refractivity contribution in [2.45, 2.75) is 11.8 Å². The van der Waals surface area contributed by atoms with Gasteiger partial charge in [0.2, 0.25) is 10.0 Å². The second kappa shape index (κ2) is 8.51. The first kappa shape index (κ1) is 17.3. The number of sulfonamides is 1. The molecule has 3 N–H and O–H groups in total. The van der Waals surface area contributed by atoms with Gasteiger partial charge in [-0.05, 0) is 42.2 Å². The molecule has 1 aromatic carbocycles. The molecule has 0 saturated heterocycles. The molecular weight excluding hydrogens is 296 g/mol. The number of nitrogens with two attached hydrogens (primary N) is 1. The molecule has 0 saturated carbocycles. The predicted octanol–water partition coefficient (Wildman–Crippen LogP) is 1.30. The van der Waals surface area contributed by atoms with Crippen LogP contribution in [0.1, 0.15) is 6.92 Å². The van der Waals surface area contributed by atoms with Crippen molar-refractivity contribution in [3.63, 3.8) is 0 Å². The quantitative estimate of drug-likeness (QED) is 0.717. The number of ether oxygens (including phenoxy) is 1. The normalized spacial score (nSPS) is 13.2. The first-order valence-corrected chi connectivity index (χ1v) is 9.29. The van der Waals surface area contributed by atoms with E-state index in [0.29, 0.717) is 31.4 Å². The lowest BCUT2D eigenvalue weighted by molar-refractivity contribution is 0.328. The van der Waals surface area contributed by atoms with E-state index >= 15 is 0 Å². The van der Waals surface area contributed by atoms with Crippen LogP contribution in [-0.2, 0) is 10.0 Å². The van der Waals surface area contributed by atoms with Crippen molar-refractivity contribution in [3.05, 3.63) is 24.3 Å². The summed E-state index contributed by atoms with van der Waals surface area (Å²) in [6.07, 6.45) is 2.01. The molecular formula is C13H22N2O3S2. The molecule has 0 fully saturated rings. The van der Waals surface area contributed by atoms with E-state index in [0.717, 1.165) is 5.75 Å². The van der Waals surface area contributed by atoms with E-state index < -0.39 is 10.0 Å². The molecule has 7 heteroatoms. The zero-order valence-corrected chi connectivity index (χ0v) is 13.5. The lowest BCUT2D eigenvalue weighted by atomic mass is 10.2. The SMILES string of the molecule is CSCC(C)CNS(=O)(=O)c1ccc(OCCN)cc1. The van der Waals surface area contributed by atoms with Crippen molar-refractivity contribution in [3.8, 4) is 5.75 Å². The van der Waals surface area contributed by atoms with Crippen molar-refractivity contribution in [1.29, 1.82) is 0 Å². The first-order chi connectivity index (χ1) is 9.49. The molecule has 0 heterocycles. The van der Waals surface area contributed by atoms with Gasteiger partial charge >= 0.3 is 0 Å². The predicted molar refractivity (Wildman–Crippen MR) is 83.7 cm³/mol. The highest BCUT2D eigenvalue weighted by atomic mass is 32.2. The van der Waals surface area contributed by atoms with Crippen LogP contribution in [0.4, 0.5) is 0 Å². The van der Waals surface area contributed by atoms with Gasteiger partial charge in [0.25, 0.3) is 0 Å². The Balaban J connectivity index is 2.63. The third-order valence-corrected chi connectivity index (χ3v) is 4.94. The van der Waals surface area contributed by atoms with Gasteiger partial charge < -0.3 is 10.5 Å². The van der Waals surface area contributed by atoms with Gasteiger partial charge in [0.1, 0.15) is 12.4 Å². The maximum absolute atomic E-state index is 12.1. The van der Waals surface area contributed by atoms with Crippen molar-refractivity contribution >= 4 is 21.8 Å². The minimum absolute atomic E-state index is 0.244. The zero-order chi connectivity index (χ0) is 15.0. The van der Waals surface area contributed by atoms with Gasteiger partial charge in [0.15, 0.2) is 0 Å². The Hall–Kier alpha value is -0.760. The molecule has 20 heavy (non-hydrogen) atoms. The third kappa shape index (κ3) is 5.70. The van der Waals surface area contributed by atoms with Crippen molar-refractivity contribution < 1.29 is 13.2 Å². The van der Waals surface area contributed by atoms with Gasteiger partial charge in [0.05, 0.1) is 4.90 Å². The second-order valence-corrected chi connectivity index (χ2v) is 7.20. The summed E-state index contributed by atoms with van der Waals surface area (Å²) in [6, 6.07) is 6.34. The Morgan fingerprint density at radius 2 is 2.00 bits per heavy atom. The van der Waals surface area contributed by atoms with Gasteiger partial charge in [0, 0.05) is 13.1 Å². The molecule has 0 aromatic heterocycles. The van der Waals surface area contributed by atoms with E-state index in [-0.39, 0.29) is 4.90 Å². The first-order valence-electron chi connectivity index (χ1n) is 6.41. The average Bonchev–Trinajstić information content (AvgIpc) is 2.44. The van der Waals surface area contributed by atoms with E-state index in [1.807, 2.05) is 13.2 Å². The number of rotatable bonds is 9. The summed E-state index contributed by atoms with van der Waals surface area (Å²) in [5, 5.41) is 0. The van der Waals surface area contributed by atoms with Crippen LogP contribution in [0.25, 0.3) is 0 Å². The maximum Gasteiger partial charge on any atom is 0.240 e. The van der Waals surface area contributed by atoms with E-state index in [2.05, 4.69) is 4.72 Å². The van der Waals surface area contributed by atoms with Crippen LogP contribution in [0, 0.1) is 5.92 Å². The second-order valence-electron chi connectivity index (χ2n) is 4.52. The molecule has 0 radical (unpaired) electrons. The molecule has 0 aliphatic carbocycles. The van der Waals surface area contributed by atoms with Crippen molar-refractivity contribution in [2.24, 2.45) is 11.7 Å². The van der Waals surface area contributed by atoms with Crippen LogP contribution >= 0.6 is 11.8 Å². The molecule has 114 valence electrons. The van der Waals surface area contributed by atoms with Crippen molar-refractivity contribution in [2.75, 3.05) is 31.7 Å². The third-order valence-electron chi connectivity index (χ3n) is 2.59. The summed E-state index contributed by atoms with van der Waals surface area (Å²) in [5.41, 5.74) is 5.34. The maximum atomic E-state index is 12.1. The summed E-state index contributed by atoms with van der Waals surface area (Å²) in [4.78, 5) is 0.244. The minimum Gasteiger partial charge on any atom is -0.492 e. The highest BCUT2D eigenvalue weighted by Crippen LogP contribution is 2.16. The molecule has 0 aliphatic heterocycles. The van der Waals surface area contributed by atoms with Crippen LogP contribution in [0.15, 0.2) is 29.2 Å². The van der Waals surface area contributed by atoms with Crippen LogP contribution in [0.3, 0.4) is 0 Å². The summed E-state index contributed by atoms with van der Waals surface area (Å²) in [7, 11) is -3.45. The molecule has 1 atom stereocenters. The fraction of sp³-hybridized carbons (Fsp3) is 0.538. The Morgan fingerprint density at radius 1 is 1.35 bits per heavy atom. The number of benzene rings is 1. The van der Waals surface area contributed by atoms with Crippen LogP contribution in [0.5, 0.6) is 5.75 Å². The highest BCUT2D eigenvalue weighted by Gasteiger charge is 2.15. The number of hydrogen-bond donors (Lipinski definition) is 2. The molecule has 0 spiro atoms. The van der Waals surface area contributed by atoms with Gasteiger partial charge in [-0.3, -0.25) is 0 Å². The largest absolute Gasteiger partial charge is 0.492 e. The summed E-state index contributed by atoms with van der Waals surface area (Å²) in [6.45, 7) is 3.29.